The molecule has 0 aromatic heterocycles. The number of benzene rings is 1. The number of hydrogen-bond acceptors (Lipinski definition) is 4. The Kier molecular flexibility index (Phi) is 4.23. The van der Waals surface area contributed by atoms with Gasteiger partial charge >= 0.3 is 0 Å². The Morgan fingerprint density at radius 2 is 1.94 bits per heavy atom. The summed E-state index contributed by atoms with van der Waals surface area (Å²) in [5.41, 5.74) is 0.511. The molecule has 0 fully saturated rings. The smallest absolute Gasteiger partial charge is 0.249 e. The van der Waals surface area contributed by atoms with Crippen molar-refractivity contribution >= 4 is 17.4 Å². The third-order valence-electron chi connectivity index (χ3n) is 2.16. The van der Waals surface area contributed by atoms with Crippen LogP contribution in [0.2, 0.25) is 0 Å². The van der Waals surface area contributed by atoms with Crippen molar-refractivity contribution in [2.24, 2.45) is 5.92 Å². The van der Waals surface area contributed by atoms with Gasteiger partial charge < -0.3 is 10.1 Å². The van der Waals surface area contributed by atoms with Crippen LogP contribution in [0.1, 0.15) is 6.92 Å². The number of ketones is 1. The lowest BCUT2D eigenvalue weighted by Gasteiger charge is -2.08. The number of rotatable bonds is 4. The molecule has 1 unspecified atom stereocenters. The second-order valence-electron chi connectivity index (χ2n) is 3.39. The van der Waals surface area contributed by atoms with E-state index in [1.54, 1.807) is 30.3 Å². The van der Waals surface area contributed by atoms with Crippen LogP contribution in [-0.4, -0.2) is 18.8 Å². The molecular weight excluding hydrogens is 220 g/mol. The monoisotopic (exact) mass is 232 g/mol. The first-order chi connectivity index (χ1) is 8.08. The zero-order valence-electron chi connectivity index (χ0n) is 9.56. The predicted molar refractivity (Wildman–Crippen MR) is 61.4 cm³/mol. The summed E-state index contributed by atoms with van der Waals surface area (Å²) in [5, 5.41) is 11.2. The van der Waals surface area contributed by atoms with E-state index < -0.39 is 17.6 Å². The lowest BCUT2D eigenvalue weighted by Crippen LogP contribution is -2.26. The summed E-state index contributed by atoms with van der Waals surface area (Å²) in [6, 6.07) is 8.26. The average Bonchev–Trinajstić information content (AvgIpc) is 2.30. The average molecular weight is 232 g/mol. The summed E-state index contributed by atoms with van der Waals surface area (Å²) < 4.78 is 4.96. The lowest BCUT2D eigenvalue weighted by atomic mass is 10.1. The van der Waals surface area contributed by atoms with Gasteiger partial charge in [0.25, 0.3) is 0 Å². The molecule has 0 heterocycles. The Hall–Kier alpha value is -2.35. The van der Waals surface area contributed by atoms with Gasteiger partial charge in [-0.2, -0.15) is 5.26 Å². The molecule has 1 amide bonds. The first kappa shape index (κ1) is 12.7. The molecule has 0 bridgehead atoms. The van der Waals surface area contributed by atoms with Gasteiger partial charge in [0, 0.05) is 5.69 Å². The highest BCUT2D eigenvalue weighted by Crippen LogP contribution is 2.15. The van der Waals surface area contributed by atoms with Gasteiger partial charge in [-0.05, 0) is 31.2 Å². The normalized spacial score (nSPS) is 11.1. The van der Waals surface area contributed by atoms with E-state index in [1.165, 1.54) is 14.0 Å². The fourth-order valence-electron chi connectivity index (χ4n) is 1.22. The number of nitrogens with one attached hydrogen (secondary N) is 1. The maximum absolute atomic E-state index is 11.6. The van der Waals surface area contributed by atoms with E-state index >= 15 is 0 Å². The number of hydrogen-bond donors (Lipinski definition) is 1. The minimum Gasteiger partial charge on any atom is -0.497 e. The highest BCUT2D eigenvalue weighted by Gasteiger charge is 2.22. The van der Waals surface area contributed by atoms with Gasteiger partial charge in [-0.3, -0.25) is 9.59 Å². The standard InChI is InChI=1S/C12H12N2O3/c1-8(15)11(7-13)12(16)14-9-3-5-10(17-2)6-4-9/h3-6,11H,1-2H3,(H,14,16). The number of Topliss-reactive ketones (excluding diaryl/α,β-unsaturated/α-hetero) is 1. The zero-order chi connectivity index (χ0) is 12.8. The van der Waals surface area contributed by atoms with Crippen molar-refractivity contribution < 1.29 is 14.3 Å². The summed E-state index contributed by atoms with van der Waals surface area (Å²) in [6.07, 6.45) is 0. The second-order valence-corrected chi connectivity index (χ2v) is 3.39. The van der Waals surface area contributed by atoms with Gasteiger partial charge in [0.1, 0.15) is 5.75 Å². The number of methoxy groups -OCH3 is 1. The van der Waals surface area contributed by atoms with Gasteiger partial charge in [-0.25, -0.2) is 0 Å². The van der Waals surface area contributed by atoms with E-state index in [0.717, 1.165) is 0 Å². The third kappa shape index (κ3) is 3.31. The molecule has 0 spiro atoms. The van der Waals surface area contributed by atoms with Crippen LogP contribution in [0, 0.1) is 17.2 Å². The van der Waals surface area contributed by atoms with E-state index in [1.807, 2.05) is 0 Å². The van der Waals surface area contributed by atoms with Crippen molar-refractivity contribution in [2.75, 3.05) is 12.4 Å². The molecule has 0 aliphatic rings. The number of amides is 1. The number of anilines is 1. The third-order valence-corrected chi connectivity index (χ3v) is 2.16. The van der Waals surface area contributed by atoms with E-state index in [4.69, 9.17) is 10.00 Å². The molecule has 0 saturated heterocycles. The van der Waals surface area contributed by atoms with Gasteiger partial charge in [0.2, 0.25) is 5.91 Å². The van der Waals surface area contributed by atoms with Crippen molar-refractivity contribution in [3.8, 4) is 11.8 Å². The minimum absolute atomic E-state index is 0.474. The summed E-state index contributed by atoms with van der Waals surface area (Å²) in [4.78, 5) is 22.6. The van der Waals surface area contributed by atoms with Gasteiger partial charge in [-0.15, -0.1) is 0 Å². The topological polar surface area (TPSA) is 79.2 Å². The molecule has 1 atom stereocenters. The van der Waals surface area contributed by atoms with Crippen LogP contribution in [0.3, 0.4) is 0 Å². The molecule has 1 aromatic carbocycles. The molecule has 0 saturated carbocycles. The first-order valence-electron chi connectivity index (χ1n) is 4.93. The molecule has 17 heavy (non-hydrogen) atoms. The minimum atomic E-state index is -1.27. The predicted octanol–water partition coefficient (Wildman–Crippen LogP) is 1.36. The largest absolute Gasteiger partial charge is 0.497 e. The number of carbonyl (C=O) groups is 2. The number of nitriles is 1. The van der Waals surface area contributed by atoms with Crippen molar-refractivity contribution in [3.05, 3.63) is 24.3 Å². The van der Waals surface area contributed by atoms with Gasteiger partial charge in [0.05, 0.1) is 13.2 Å². The van der Waals surface area contributed by atoms with Crippen molar-refractivity contribution in [2.45, 2.75) is 6.92 Å². The number of carbonyl (C=O) groups excluding carboxylic acids is 2. The van der Waals surface area contributed by atoms with Crippen LogP contribution in [0.5, 0.6) is 5.75 Å². The van der Waals surface area contributed by atoms with Crippen LogP contribution in [-0.2, 0) is 9.59 Å². The van der Waals surface area contributed by atoms with E-state index in [2.05, 4.69) is 5.32 Å². The molecule has 0 aliphatic carbocycles. The van der Waals surface area contributed by atoms with Crippen molar-refractivity contribution in [1.82, 2.24) is 0 Å². The zero-order valence-corrected chi connectivity index (χ0v) is 9.56. The molecule has 0 aliphatic heterocycles. The number of ether oxygens (including phenoxy) is 1. The van der Waals surface area contributed by atoms with Crippen LogP contribution < -0.4 is 10.1 Å². The SMILES string of the molecule is COc1ccc(NC(=O)C(C#N)C(C)=O)cc1. The molecule has 1 rings (SSSR count). The second kappa shape index (κ2) is 5.66. The Morgan fingerprint density at radius 1 is 1.35 bits per heavy atom. The summed E-state index contributed by atoms with van der Waals surface area (Å²) in [5.74, 6) is -1.70. The van der Waals surface area contributed by atoms with Crippen LogP contribution in [0.15, 0.2) is 24.3 Å². The Morgan fingerprint density at radius 3 is 2.35 bits per heavy atom. The van der Waals surface area contributed by atoms with Crippen molar-refractivity contribution in [1.29, 1.82) is 5.26 Å². The van der Waals surface area contributed by atoms with Crippen LogP contribution >= 0.6 is 0 Å². The van der Waals surface area contributed by atoms with E-state index in [-0.39, 0.29) is 0 Å². The highest BCUT2D eigenvalue weighted by atomic mass is 16.5. The quantitative estimate of drug-likeness (QED) is 0.795. The summed E-state index contributed by atoms with van der Waals surface area (Å²) in [7, 11) is 1.54. The molecule has 1 N–H and O–H groups in total. The fourth-order valence-corrected chi connectivity index (χ4v) is 1.22. The molecule has 5 nitrogen and oxygen atoms in total. The highest BCUT2D eigenvalue weighted by molar-refractivity contribution is 6.08. The molecule has 0 radical (unpaired) electrons. The summed E-state index contributed by atoms with van der Waals surface area (Å²) >= 11 is 0. The Balaban J connectivity index is 2.74. The maximum atomic E-state index is 11.6. The number of nitrogens with zero attached hydrogens (tertiary/aromatic N) is 1. The van der Waals surface area contributed by atoms with Crippen LogP contribution in [0.4, 0.5) is 5.69 Å². The first-order valence-corrected chi connectivity index (χ1v) is 4.93. The molecule has 5 heteroatoms. The Labute approximate surface area is 99.0 Å². The van der Waals surface area contributed by atoms with Crippen LogP contribution in [0.25, 0.3) is 0 Å². The van der Waals surface area contributed by atoms with Gasteiger partial charge in [0.15, 0.2) is 11.7 Å². The lowest BCUT2D eigenvalue weighted by molar-refractivity contribution is -0.127. The molecule has 1 aromatic rings. The molecular formula is C12H12N2O3. The van der Waals surface area contributed by atoms with E-state index in [9.17, 15) is 9.59 Å². The summed E-state index contributed by atoms with van der Waals surface area (Å²) in [6.45, 7) is 1.21. The maximum Gasteiger partial charge on any atom is 0.249 e. The molecule has 88 valence electrons. The van der Waals surface area contributed by atoms with Gasteiger partial charge in [-0.1, -0.05) is 0 Å². The van der Waals surface area contributed by atoms with Crippen molar-refractivity contribution in [3.63, 3.8) is 0 Å². The van der Waals surface area contributed by atoms with E-state index in [0.29, 0.717) is 11.4 Å². The Bertz CT molecular complexity index is 460. The fraction of sp³-hybridized carbons (Fsp3) is 0.250.